The van der Waals surface area contributed by atoms with Crippen LogP contribution < -0.4 is 16.2 Å². The Bertz CT molecular complexity index is 1480. The Morgan fingerprint density at radius 1 is 0.971 bits per heavy atom. The monoisotopic (exact) mass is 474 g/mol. The number of nitrogens with zero attached hydrogens (tertiary/aromatic N) is 2. The van der Waals surface area contributed by atoms with Crippen molar-refractivity contribution in [3.63, 3.8) is 0 Å². The highest BCUT2D eigenvalue weighted by molar-refractivity contribution is 6.31. The number of aryl methyl sites for hydroxylation is 1. The van der Waals surface area contributed by atoms with E-state index in [9.17, 15) is 14.4 Å². The van der Waals surface area contributed by atoms with Gasteiger partial charge in [0.05, 0.1) is 16.7 Å². The second-order valence-electron chi connectivity index (χ2n) is 7.98. The van der Waals surface area contributed by atoms with Crippen molar-refractivity contribution in [2.24, 2.45) is 0 Å². The number of hydrogen-bond acceptors (Lipinski definition) is 4. The number of halogens is 1. The number of carbonyl (C=O) groups excluding carboxylic acids is 2. The minimum Gasteiger partial charge on any atom is -0.326 e. The van der Waals surface area contributed by atoms with E-state index in [1.807, 2.05) is 19.1 Å². The Kier molecular flexibility index (Phi) is 6.47. The molecule has 2 amide bonds. The summed E-state index contributed by atoms with van der Waals surface area (Å²) in [7, 11) is 0. The van der Waals surface area contributed by atoms with Crippen LogP contribution in [-0.2, 0) is 9.59 Å². The van der Waals surface area contributed by atoms with Crippen molar-refractivity contribution in [3.8, 4) is 11.3 Å². The number of nitrogens with one attached hydrogen (secondary N) is 2. The fourth-order valence-corrected chi connectivity index (χ4v) is 3.96. The summed E-state index contributed by atoms with van der Waals surface area (Å²) in [4.78, 5) is 43.3. The number of rotatable bonds is 5. The summed E-state index contributed by atoms with van der Waals surface area (Å²) in [5.41, 5.74) is 3.14. The minimum atomic E-state index is -0.856. The lowest BCUT2D eigenvalue weighted by Gasteiger charge is -2.20. The van der Waals surface area contributed by atoms with E-state index in [2.05, 4.69) is 15.6 Å². The van der Waals surface area contributed by atoms with Crippen LogP contribution in [0.5, 0.6) is 0 Å². The first kappa shape index (κ1) is 23.2. The van der Waals surface area contributed by atoms with E-state index >= 15 is 0 Å². The van der Waals surface area contributed by atoms with Gasteiger partial charge in [-0.1, -0.05) is 48.0 Å². The van der Waals surface area contributed by atoms with Crippen LogP contribution in [0.15, 0.2) is 71.5 Å². The molecular weight excluding hydrogens is 452 g/mol. The van der Waals surface area contributed by atoms with Gasteiger partial charge in [-0.25, -0.2) is 4.98 Å². The summed E-state index contributed by atoms with van der Waals surface area (Å²) in [6.45, 7) is 4.92. The van der Waals surface area contributed by atoms with E-state index in [4.69, 9.17) is 11.6 Å². The van der Waals surface area contributed by atoms with Gasteiger partial charge in [0.1, 0.15) is 11.7 Å². The van der Waals surface area contributed by atoms with Crippen molar-refractivity contribution in [3.05, 3.63) is 87.7 Å². The van der Waals surface area contributed by atoms with E-state index in [1.165, 1.54) is 11.5 Å². The number of hydrogen-bond donors (Lipinski definition) is 2. The smallest absolute Gasteiger partial charge is 0.278 e. The lowest BCUT2D eigenvalue weighted by atomic mass is 10.1. The van der Waals surface area contributed by atoms with Gasteiger partial charge in [-0.2, -0.15) is 0 Å². The summed E-state index contributed by atoms with van der Waals surface area (Å²) < 4.78 is 1.43. The number of aromatic nitrogens is 2. The third kappa shape index (κ3) is 4.56. The van der Waals surface area contributed by atoms with Gasteiger partial charge in [-0.3, -0.25) is 19.0 Å². The average molecular weight is 475 g/mol. The van der Waals surface area contributed by atoms with E-state index < -0.39 is 11.6 Å². The third-order valence-corrected chi connectivity index (χ3v) is 5.75. The van der Waals surface area contributed by atoms with Gasteiger partial charge < -0.3 is 10.6 Å². The first-order valence-corrected chi connectivity index (χ1v) is 11.1. The normalized spacial score (nSPS) is 11.8. The van der Waals surface area contributed by atoms with Crippen LogP contribution in [0.4, 0.5) is 11.4 Å². The molecule has 1 atom stereocenters. The molecule has 1 heterocycles. The van der Waals surface area contributed by atoms with Gasteiger partial charge in [0.15, 0.2) is 0 Å². The number of amides is 2. The highest BCUT2D eigenvalue weighted by Gasteiger charge is 2.23. The molecule has 0 unspecified atom stereocenters. The molecule has 34 heavy (non-hydrogen) atoms. The molecular formula is C26H23ClN4O3. The lowest BCUT2D eigenvalue weighted by molar-refractivity contribution is -0.118. The number of anilines is 2. The molecule has 3 aromatic carbocycles. The zero-order chi connectivity index (χ0) is 24.4. The van der Waals surface area contributed by atoms with E-state index in [-0.39, 0.29) is 17.5 Å². The standard InChI is InChI=1S/C26H23ClN4O3/c1-15-12-13-18(27)14-22(15)30-25(33)16(2)31-23-11-7-6-10-21(23)29-24(26(31)34)19-8-4-5-9-20(19)28-17(3)32/h4-14,16H,1-3H3,(H,28,32)(H,30,33)/t16-/m1/s1. The molecule has 1 aromatic heterocycles. The molecule has 0 aliphatic carbocycles. The molecule has 4 aromatic rings. The van der Waals surface area contributed by atoms with Crippen LogP contribution in [0, 0.1) is 6.92 Å². The van der Waals surface area contributed by atoms with Gasteiger partial charge in [0.2, 0.25) is 11.8 Å². The molecule has 2 N–H and O–H groups in total. The quantitative estimate of drug-likeness (QED) is 0.416. The molecule has 0 aliphatic heterocycles. The highest BCUT2D eigenvalue weighted by atomic mass is 35.5. The van der Waals surface area contributed by atoms with E-state index in [0.717, 1.165) is 5.56 Å². The average Bonchev–Trinajstić information content (AvgIpc) is 2.81. The molecule has 0 bridgehead atoms. The molecule has 0 fully saturated rings. The number of carbonyl (C=O) groups is 2. The fraction of sp³-hybridized carbons (Fsp3) is 0.154. The third-order valence-electron chi connectivity index (χ3n) is 5.51. The van der Waals surface area contributed by atoms with Gasteiger partial charge in [-0.15, -0.1) is 0 Å². The highest BCUT2D eigenvalue weighted by Crippen LogP contribution is 2.27. The zero-order valence-electron chi connectivity index (χ0n) is 18.9. The van der Waals surface area contributed by atoms with E-state index in [1.54, 1.807) is 61.5 Å². The maximum absolute atomic E-state index is 13.7. The van der Waals surface area contributed by atoms with Crippen molar-refractivity contribution >= 4 is 45.8 Å². The summed E-state index contributed by atoms with van der Waals surface area (Å²) in [5.74, 6) is -0.636. The topological polar surface area (TPSA) is 93.1 Å². The van der Waals surface area contributed by atoms with Crippen LogP contribution in [-0.4, -0.2) is 21.4 Å². The zero-order valence-corrected chi connectivity index (χ0v) is 19.7. The molecule has 0 spiro atoms. The largest absolute Gasteiger partial charge is 0.326 e. The Balaban J connectivity index is 1.86. The van der Waals surface area contributed by atoms with Crippen LogP contribution >= 0.6 is 11.6 Å². The number of para-hydroxylation sites is 3. The molecule has 172 valence electrons. The van der Waals surface area contributed by atoms with Crippen LogP contribution in [0.1, 0.15) is 25.5 Å². The Hall–Kier alpha value is -3.97. The molecule has 4 rings (SSSR count). The molecule has 0 saturated heterocycles. The summed E-state index contributed by atoms with van der Waals surface area (Å²) in [6.07, 6.45) is 0. The van der Waals surface area contributed by atoms with Gasteiger partial charge in [0, 0.05) is 23.2 Å². The number of benzene rings is 3. The number of fused-ring (bicyclic) bond motifs is 1. The van der Waals surface area contributed by atoms with Crippen molar-refractivity contribution < 1.29 is 9.59 Å². The van der Waals surface area contributed by atoms with Crippen LogP contribution in [0.3, 0.4) is 0 Å². The minimum absolute atomic E-state index is 0.140. The van der Waals surface area contributed by atoms with Gasteiger partial charge in [-0.05, 0) is 49.7 Å². The van der Waals surface area contributed by atoms with Crippen molar-refractivity contribution in [2.75, 3.05) is 10.6 Å². The van der Waals surface area contributed by atoms with Crippen LogP contribution in [0.2, 0.25) is 5.02 Å². The van der Waals surface area contributed by atoms with Crippen molar-refractivity contribution in [1.29, 1.82) is 0 Å². The van der Waals surface area contributed by atoms with Crippen molar-refractivity contribution in [2.45, 2.75) is 26.8 Å². The predicted octanol–water partition coefficient (Wildman–Crippen LogP) is 5.18. The van der Waals surface area contributed by atoms with Gasteiger partial charge in [0.25, 0.3) is 5.56 Å². The maximum Gasteiger partial charge on any atom is 0.278 e. The molecule has 0 radical (unpaired) electrons. The summed E-state index contributed by atoms with van der Waals surface area (Å²) >= 11 is 6.09. The summed E-state index contributed by atoms with van der Waals surface area (Å²) in [5, 5.41) is 6.12. The molecule has 0 saturated carbocycles. The summed E-state index contributed by atoms with van der Waals surface area (Å²) in [6, 6.07) is 18.5. The Labute approximate surface area is 201 Å². The fourth-order valence-electron chi connectivity index (χ4n) is 3.79. The maximum atomic E-state index is 13.7. The first-order chi connectivity index (χ1) is 16.3. The van der Waals surface area contributed by atoms with Crippen molar-refractivity contribution in [1.82, 2.24) is 9.55 Å². The molecule has 8 heteroatoms. The van der Waals surface area contributed by atoms with E-state index in [0.29, 0.717) is 33.0 Å². The molecule has 7 nitrogen and oxygen atoms in total. The SMILES string of the molecule is CC(=O)Nc1ccccc1-c1nc2ccccc2n([C@H](C)C(=O)Nc2cc(Cl)ccc2C)c1=O. The van der Waals surface area contributed by atoms with Crippen LogP contribution in [0.25, 0.3) is 22.3 Å². The Morgan fingerprint density at radius 3 is 2.44 bits per heavy atom. The van der Waals surface area contributed by atoms with Gasteiger partial charge >= 0.3 is 0 Å². The second kappa shape index (κ2) is 9.49. The Morgan fingerprint density at radius 2 is 1.68 bits per heavy atom. The lowest BCUT2D eigenvalue weighted by Crippen LogP contribution is -2.33. The predicted molar refractivity (Wildman–Crippen MR) is 135 cm³/mol. The first-order valence-electron chi connectivity index (χ1n) is 10.7. The molecule has 0 aliphatic rings. The second-order valence-corrected chi connectivity index (χ2v) is 8.41.